The highest BCUT2D eigenvalue weighted by molar-refractivity contribution is 7.99. The van der Waals surface area contributed by atoms with Crippen LogP contribution in [0.5, 0.6) is 0 Å². The molecule has 19 heavy (non-hydrogen) atoms. The van der Waals surface area contributed by atoms with Crippen LogP contribution < -0.4 is 0 Å². The number of rotatable bonds is 8. The van der Waals surface area contributed by atoms with Gasteiger partial charge >= 0.3 is 0 Å². The van der Waals surface area contributed by atoms with E-state index in [-0.39, 0.29) is 6.61 Å². The Balaban J connectivity index is 2.70. The van der Waals surface area contributed by atoms with Crippen LogP contribution in [0.3, 0.4) is 0 Å². The molecule has 0 aliphatic carbocycles. The van der Waals surface area contributed by atoms with Crippen molar-refractivity contribution in [3.05, 3.63) is 17.0 Å². The first kappa shape index (κ1) is 16.5. The third-order valence-corrected chi connectivity index (χ3v) is 4.69. The van der Waals surface area contributed by atoms with E-state index in [0.717, 1.165) is 18.0 Å². The molecule has 110 valence electrons. The second-order valence-electron chi connectivity index (χ2n) is 5.02. The Kier molecular flexibility index (Phi) is 6.89. The summed E-state index contributed by atoms with van der Waals surface area (Å²) in [4.78, 5) is 2.38. The summed E-state index contributed by atoms with van der Waals surface area (Å²) < 4.78 is 1.91. The molecule has 0 fully saturated rings. The molecule has 1 heterocycles. The van der Waals surface area contributed by atoms with E-state index >= 15 is 0 Å². The zero-order chi connectivity index (χ0) is 14.4. The van der Waals surface area contributed by atoms with Crippen LogP contribution >= 0.6 is 11.8 Å². The van der Waals surface area contributed by atoms with Gasteiger partial charge in [0.1, 0.15) is 0 Å². The van der Waals surface area contributed by atoms with Gasteiger partial charge in [0.05, 0.1) is 18.8 Å². The van der Waals surface area contributed by atoms with Gasteiger partial charge in [0, 0.05) is 29.6 Å². The van der Waals surface area contributed by atoms with Crippen molar-refractivity contribution in [1.82, 2.24) is 14.7 Å². The van der Waals surface area contributed by atoms with Gasteiger partial charge in [-0.1, -0.05) is 6.92 Å². The maximum absolute atomic E-state index is 9.04. The number of aromatic nitrogens is 2. The number of nitrogens with zero attached hydrogens (tertiary/aromatic N) is 3. The number of aryl methyl sites for hydroxylation is 1. The fraction of sp³-hybridized carbons (Fsp3) is 0.786. The Morgan fingerprint density at radius 2 is 2.11 bits per heavy atom. The minimum absolute atomic E-state index is 0.140. The van der Waals surface area contributed by atoms with Crippen molar-refractivity contribution in [2.45, 2.75) is 46.8 Å². The molecule has 0 spiro atoms. The molecule has 0 saturated carbocycles. The molecule has 0 aromatic carbocycles. The molecule has 1 aromatic rings. The van der Waals surface area contributed by atoms with Crippen molar-refractivity contribution in [3.8, 4) is 0 Å². The third kappa shape index (κ3) is 4.51. The summed E-state index contributed by atoms with van der Waals surface area (Å²) in [6.45, 7) is 10.3. The van der Waals surface area contributed by atoms with Crippen LogP contribution in [0.2, 0.25) is 0 Å². The van der Waals surface area contributed by atoms with Crippen LogP contribution in [-0.2, 0) is 13.1 Å². The van der Waals surface area contributed by atoms with Gasteiger partial charge in [0.2, 0.25) is 0 Å². The molecule has 0 saturated heterocycles. The van der Waals surface area contributed by atoms with Gasteiger partial charge in [0.15, 0.2) is 0 Å². The van der Waals surface area contributed by atoms with E-state index in [4.69, 9.17) is 5.11 Å². The lowest BCUT2D eigenvalue weighted by Crippen LogP contribution is -2.31. The summed E-state index contributed by atoms with van der Waals surface area (Å²) in [5.41, 5.74) is 3.55. The lowest BCUT2D eigenvalue weighted by atomic mass is 10.1. The van der Waals surface area contributed by atoms with Crippen LogP contribution in [0.4, 0.5) is 0 Å². The van der Waals surface area contributed by atoms with Crippen molar-refractivity contribution in [3.63, 3.8) is 0 Å². The highest BCUT2D eigenvalue weighted by Gasteiger charge is 2.16. The summed E-state index contributed by atoms with van der Waals surface area (Å²) >= 11 is 1.98. The number of aliphatic hydroxyl groups is 1. The molecule has 5 heteroatoms. The van der Waals surface area contributed by atoms with Crippen LogP contribution in [-0.4, -0.2) is 51.0 Å². The lowest BCUT2D eigenvalue weighted by Gasteiger charge is -2.24. The first-order valence-electron chi connectivity index (χ1n) is 6.92. The minimum Gasteiger partial charge on any atom is -0.394 e. The van der Waals surface area contributed by atoms with E-state index in [2.05, 4.69) is 44.7 Å². The predicted molar refractivity (Wildman–Crippen MR) is 82.7 cm³/mol. The van der Waals surface area contributed by atoms with Crippen LogP contribution in [0.1, 0.15) is 30.8 Å². The van der Waals surface area contributed by atoms with Gasteiger partial charge < -0.3 is 5.11 Å². The molecule has 1 N–H and O–H groups in total. The predicted octanol–water partition coefficient (Wildman–Crippen LogP) is 2.07. The first-order valence-corrected chi connectivity index (χ1v) is 8.08. The number of aliphatic hydroxyl groups excluding tert-OH is 1. The average molecular weight is 285 g/mol. The van der Waals surface area contributed by atoms with Gasteiger partial charge in [-0.05, 0) is 33.6 Å². The molecule has 0 amide bonds. The van der Waals surface area contributed by atoms with Gasteiger partial charge in [-0.2, -0.15) is 16.9 Å². The monoisotopic (exact) mass is 285 g/mol. The van der Waals surface area contributed by atoms with Crippen molar-refractivity contribution in [2.75, 3.05) is 25.2 Å². The van der Waals surface area contributed by atoms with E-state index in [9.17, 15) is 0 Å². The fourth-order valence-electron chi connectivity index (χ4n) is 2.10. The molecule has 0 aliphatic rings. The quantitative estimate of drug-likeness (QED) is 0.794. The Morgan fingerprint density at radius 3 is 2.68 bits per heavy atom. The second-order valence-corrected chi connectivity index (χ2v) is 6.34. The molecule has 1 unspecified atom stereocenters. The Morgan fingerprint density at radius 1 is 1.42 bits per heavy atom. The summed E-state index contributed by atoms with van der Waals surface area (Å²) in [6, 6.07) is 0.560. The number of hydrogen-bond donors (Lipinski definition) is 1. The van der Waals surface area contributed by atoms with E-state index in [1.807, 2.05) is 16.4 Å². The average Bonchev–Trinajstić information content (AvgIpc) is 2.64. The van der Waals surface area contributed by atoms with Crippen molar-refractivity contribution < 1.29 is 5.11 Å². The van der Waals surface area contributed by atoms with E-state index in [1.165, 1.54) is 17.0 Å². The van der Waals surface area contributed by atoms with Gasteiger partial charge in [-0.3, -0.25) is 9.58 Å². The highest BCUT2D eigenvalue weighted by Crippen LogP contribution is 2.17. The number of hydrogen-bond acceptors (Lipinski definition) is 4. The topological polar surface area (TPSA) is 41.3 Å². The zero-order valence-corrected chi connectivity index (χ0v) is 13.6. The normalized spacial score (nSPS) is 13.2. The van der Waals surface area contributed by atoms with Crippen molar-refractivity contribution >= 4 is 11.8 Å². The Labute approximate surface area is 121 Å². The standard InChI is InChI=1S/C14H27N3OS/c1-6-19-10-11(2)16(5)9-14-12(3)15-17(7-8-18)13(14)4/h11,18H,6-10H2,1-5H3. The molecule has 1 rings (SSSR count). The largest absolute Gasteiger partial charge is 0.394 e. The molecule has 1 atom stereocenters. The van der Waals surface area contributed by atoms with Crippen LogP contribution in [0.25, 0.3) is 0 Å². The van der Waals surface area contributed by atoms with Crippen LogP contribution in [0, 0.1) is 13.8 Å². The summed E-state index contributed by atoms with van der Waals surface area (Å²) in [7, 11) is 2.17. The Bertz CT molecular complexity index is 392. The maximum atomic E-state index is 9.04. The smallest absolute Gasteiger partial charge is 0.0644 e. The van der Waals surface area contributed by atoms with Crippen LogP contribution in [0.15, 0.2) is 0 Å². The second kappa shape index (κ2) is 7.92. The molecular formula is C14H27N3OS. The Hall–Kier alpha value is -0.520. The van der Waals surface area contributed by atoms with Gasteiger partial charge in [-0.15, -0.1) is 0 Å². The van der Waals surface area contributed by atoms with Crippen molar-refractivity contribution in [1.29, 1.82) is 0 Å². The van der Waals surface area contributed by atoms with Gasteiger partial charge in [0.25, 0.3) is 0 Å². The van der Waals surface area contributed by atoms with E-state index in [0.29, 0.717) is 12.6 Å². The van der Waals surface area contributed by atoms with E-state index < -0.39 is 0 Å². The molecule has 4 nitrogen and oxygen atoms in total. The minimum atomic E-state index is 0.140. The molecule has 0 radical (unpaired) electrons. The van der Waals surface area contributed by atoms with E-state index in [1.54, 1.807) is 0 Å². The fourth-order valence-corrected chi connectivity index (χ4v) is 2.93. The lowest BCUT2D eigenvalue weighted by molar-refractivity contribution is 0.264. The zero-order valence-electron chi connectivity index (χ0n) is 12.8. The first-order chi connectivity index (χ1) is 9.01. The highest BCUT2D eigenvalue weighted by atomic mass is 32.2. The molecule has 0 aliphatic heterocycles. The van der Waals surface area contributed by atoms with Crippen molar-refractivity contribution in [2.24, 2.45) is 0 Å². The SMILES string of the molecule is CCSCC(C)N(C)Cc1c(C)nn(CCO)c1C. The summed E-state index contributed by atoms with van der Waals surface area (Å²) in [6.07, 6.45) is 0. The van der Waals surface area contributed by atoms with Gasteiger partial charge in [-0.25, -0.2) is 0 Å². The third-order valence-electron chi connectivity index (χ3n) is 3.57. The number of thioether (sulfide) groups is 1. The summed E-state index contributed by atoms with van der Waals surface area (Å²) in [5.74, 6) is 2.33. The summed E-state index contributed by atoms with van der Waals surface area (Å²) in [5, 5.41) is 13.5. The molecule has 0 bridgehead atoms. The molecule has 1 aromatic heterocycles. The maximum Gasteiger partial charge on any atom is 0.0644 e. The molecular weight excluding hydrogens is 258 g/mol.